The molecule has 1 N–H and O–H groups in total. The molecule has 0 unspecified atom stereocenters. The molecule has 128 valence electrons. The van der Waals surface area contributed by atoms with Crippen LogP contribution in [0.15, 0.2) is 0 Å². The topological polar surface area (TPSA) is 47.0 Å². The summed E-state index contributed by atoms with van der Waals surface area (Å²) in [6.07, 6.45) is 0. The molecule has 1 heterocycles. The predicted octanol–water partition coefficient (Wildman–Crippen LogP) is 5.33. The summed E-state index contributed by atoms with van der Waals surface area (Å²) in [5.74, 6) is 3.51. The van der Waals surface area contributed by atoms with Gasteiger partial charge in [-0.2, -0.15) is 4.98 Å². The van der Waals surface area contributed by atoms with Crippen LogP contribution in [0.2, 0.25) is 26.9 Å². The first-order chi connectivity index (χ1) is 10.7. The highest BCUT2D eigenvalue weighted by Crippen LogP contribution is 2.40. The van der Waals surface area contributed by atoms with Crippen LogP contribution in [-0.4, -0.2) is 25.2 Å². The van der Waals surface area contributed by atoms with E-state index in [1.807, 2.05) is 0 Å². The average Bonchev–Trinajstić information content (AvgIpc) is 2.43. The lowest BCUT2D eigenvalue weighted by Gasteiger charge is -2.38. The van der Waals surface area contributed by atoms with Crippen LogP contribution in [0.3, 0.4) is 0 Å². The van der Waals surface area contributed by atoms with Crippen molar-refractivity contribution in [3.05, 3.63) is 16.0 Å². The third-order valence-corrected chi connectivity index (χ3v) is 11.1. The van der Waals surface area contributed by atoms with Crippen LogP contribution in [0.5, 0.6) is 0 Å². The molecule has 0 aliphatic carbocycles. The molecule has 0 spiro atoms. The van der Waals surface area contributed by atoms with E-state index in [4.69, 9.17) is 28.0 Å². The van der Waals surface area contributed by atoms with Crippen LogP contribution in [0.25, 0.3) is 0 Å². The third kappa shape index (κ3) is 4.39. The molecule has 0 aliphatic rings. The van der Waals surface area contributed by atoms with Crippen molar-refractivity contribution in [3.63, 3.8) is 0 Å². The largest absolute Gasteiger partial charge is 0.278 e. The van der Waals surface area contributed by atoms with Gasteiger partial charge in [0.25, 0.3) is 0 Å². The first kappa shape index (κ1) is 20.2. The minimum absolute atomic E-state index is 0.0872. The van der Waals surface area contributed by atoms with E-state index in [0.717, 1.165) is 0 Å². The van der Waals surface area contributed by atoms with Crippen molar-refractivity contribution in [2.24, 2.45) is 0 Å². The van der Waals surface area contributed by atoms with E-state index in [2.05, 4.69) is 68.5 Å². The Morgan fingerprint density at radius 1 is 1.00 bits per heavy atom. The van der Waals surface area contributed by atoms with E-state index >= 15 is 0 Å². The van der Waals surface area contributed by atoms with E-state index in [1.165, 1.54) is 7.11 Å². The lowest BCUT2D eigenvalue weighted by molar-refractivity contribution is 0.269. The van der Waals surface area contributed by atoms with E-state index in [1.54, 1.807) is 0 Å². The second kappa shape index (κ2) is 8.34. The second-order valence-electron chi connectivity index (χ2n) is 6.46. The Morgan fingerprint density at radius 2 is 1.52 bits per heavy atom. The molecule has 0 atom stereocenters. The minimum Gasteiger partial charge on any atom is -0.278 e. The molecule has 1 aromatic rings. The zero-order valence-corrected chi connectivity index (χ0v) is 17.3. The van der Waals surface area contributed by atoms with Crippen molar-refractivity contribution in [3.8, 4) is 11.5 Å². The van der Waals surface area contributed by atoms with Crippen molar-refractivity contribution < 1.29 is 4.84 Å². The summed E-state index contributed by atoms with van der Waals surface area (Å²) in [5, 5.41) is 0.409. The zero-order chi connectivity index (χ0) is 17.8. The quantitative estimate of drug-likeness (QED) is 0.328. The van der Waals surface area contributed by atoms with Gasteiger partial charge in [-0.3, -0.25) is 4.84 Å². The maximum Gasteiger partial charge on any atom is 0.225 e. The summed E-state index contributed by atoms with van der Waals surface area (Å²) >= 11 is 12.3. The molecular formula is C16H25Cl2N3OSi. The smallest absolute Gasteiger partial charge is 0.225 e. The number of hydrogen-bond donors (Lipinski definition) is 1. The molecule has 0 saturated carbocycles. The lowest BCUT2D eigenvalue weighted by Crippen LogP contribution is -2.43. The van der Waals surface area contributed by atoms with E-state index in [-0.39, 0.29) is 5.28 Å². The van der Waals surface area contributed by atoms with Crippen molar-refractivity contribution in [1.29, 1.82) is 0 Å². The van der Waals surface area contributed by atoms with E-state index in [9.17, 15) is 0 Å². The van der Waals surface area contributed by atoms with Gasteiger partial charge < -0.3 is 0 Å². The molecular weight excluding hydrogens is 349 g/mol. The fraction of sp³-hybridized carbons (Fsp3) is 0.625. The summed E-state index contributed by atoms with van der Waals surface area (Å²) < 4.78 is 0. The normalized spacial score (nSPS) is 11.8. The Balaban J connectivity index is 3.43. The van der Waals surface area contributed by atoms with Crippen LogP contribution in [0.4, 0.5) is 5.82 Å². The monoisotopic (exact) mass is 373 g/mol. The van der Waals surface area contributed by atoms with E-state index in [0.29, 0.717) is 33.2 Å². The predicted molar refractivity (Wildman–Crippen MR) is 101 cm³/mol. The molecule has 0 saturated heterocycles. The van der Waals surface area contributed by atoms with Gasteiger partial charge in [-0.15, -0.1) is 5.54 Å². The molecule has 7 heteroatoms. The highest BCUT2D eigenvalue weighted by atomic mass is 35.5. The minimum atomic E-state index is -1.86. The van der Waals surface area contributed by atoms with Crippen molar-refractivity contribution in [2.75, 3.05) is 12.6 Å². The number of hydrogen-bond acceptors (Lipinski definition) is 4. The number of aromatic nitrogens is 2. The Labute approximate surface area is 150 Å². The Bertz CT molecular complexity index is 588. The summed E-state index contributed by atoms with van der Waals surface area (Å²) in [6.45, 7) is 13.5. The van der Waals surface area contributed by atoms with Gasteiger partial charge in [0.15, 0.2) is 5.82 Å². The highest BCUT2D eigenvalue weighted by Gasteiger charge is 2.41. The molecule has 1 aromatic heterocycles. The molecule has 1 rings (SSSR count). The number of nitrogens with zero attached hydrogens (tertiary/aromatic N) is 2. The Morgan fingerprint density at radius 3 is 1.96 bits per heavy atom. The third-order valence-electron chi connectivity index (χ3n) is 4.29. The maximum atomic E-state index is 6.31. The number of halogens is 2. The molecule has 0 fully saturated rings. The van der Waals surface area contributed by atoms with Gasteiger partial charge in [-0.25, -0.2) is 10.5 Å². The molecule has 0 aromatic carbocycles. The highest BCUT2D eigenvalue weighted by molar-refractivity contribution is 6.90. The second-order valence-corrected chi connectivity index (χ2v) is 12.8. The van der Waals surface area contributed by atoms with Gasteiger partial charge in [-0.1, -0.05) is 59.1 Å². The summed E-state index contributed by atoms with van der Waals surface area (Å²) in [7, 11) is -0.383. The van der Waals surface area contributed by atoms with Crippen molar-refractivity contribution >= 4 is 37.1 Å². The fourth-order valence-corrected chi connectivity index (χ4v) is 8.81. The zero-order valence-electron chi connectivity index (χ0n) is 14.8. The van der Waals surface area contributed by atoms with Crippen molar-refractivity contribution in [1.82, 2.24) is 9.97 Å². The number of rotatable bonds is 5. The van der Waals surface area contributed by atoms with Crippen LogP contribution in [-0.2, 0) is 4.84 Å². The van der Waals surface area contributed by atoms with Crippen LogP contribution < -0.4 is 5.48 Å². The summed E-state index contributed by atoms with van der Waals surface area (Å²) in [5.41, 5.74) is 8.20. The average molecular weight is 374 g/mol. The van der Waals surface area contributed by atoms with Gasteiger partial charge in [-0.05, 0) is 28.2 Å². The van der Waals surface area contributed by atoms with Crippen LogP contribution >= 0.6 is 23.2 Å². The lowest BCUT2D eigenvalue weighted by atomic mass is 10.4. The standard InChI is InChI=1S/C16H25Cl2N3OSi/c1-10(2)23(11(3)4,12(5)6)9-8-13-14(17)15(21-22-7)20-16(18)19-13/h10-12H,1-7H3,(H,19,20,21). The van der Waals surface area contributed by atoms with Gasteiger partial charge in [0.1, 0.15) is 18.8 Å². The molecule has 0 amide bonds. The molecule has 4 nitrogen and oxygen atoms in total. The Hall–Kier alpha value is -0.803. The van der Waals surface area contributed by atoms with Gasteiger partial charge in [0.2, 0.25) is 5.28 Å². The van der Waals surface area contributed by atoms with Crippen LogP contribution in [0, 0.1) is 11.5 Å². The van der Waals surface area contributed by atoms with Gasteiger partial charge in [0.05, 0.1) is 7.11 Å². The fourth-order valence-electron chi connectivity index (χ4n) is 3.27. The summed E-state index contributed by atoms with van der Waals surface area (Å²) in [4.78, 5) is 13.0. The molecule has 23 heavy (non-hydrogen) atoms. The summed E-state index contributed by atoms with van der Waals surface area (Å²) in [6, 6.07) is 0. The van der Waals surface area contributed by atoms with Crippen LogP contribution in [0.1, 0.15) is 47.2 Å². The maximum absolute atomic E-state index is 6.31. The number of nitrogens with one attached hydrogen (secondary N) is 1. The SMILES string of the molecule is CONc1nc(Cl)nc(C#C[Si](C(C)C)(C(C)C)C(C)C)c1Cl. The first-order valence-electron chi connectivity index (χ1n) is 7.71. The van der Waals surface area contributed by atoms with Gasteiger partial charge in [0, 0.05) is 0 Å². The van der Waals surface area contributed by atoms with E-state index < -0.39 is 8.07 Å². The number of anilines is 1. The molecule has 0 bridgehead atoms. The Kier molecular flexibility index (Phi) is 7.34. The van der Waals surface area contributed by atoms with Gasteiger partial charge >= 0.3 is 0 Å². The molecule has 0 aliphatic heterocycles. The molecule has 0 radical (unpaired) electrons. The first-order valence-corrected chi connectivity index (χ1v) is 10.7. The van der Waals surface area contributed by atoms with Crippen molar-refractivity contribution in [2.45, 2.75) is 58.2 Å².